The van der Waals surface area contributed by atoms with Crippen molar-refractivity contribution in [3.8, 4) is 11.5 Å². The fourth-order valence-corrected chi connectivity index (χ4v) is 4.36. The molecule has 2 aliphatic rings. The van der Waals surface area contributed by atoms with Crippen LogP contribution < -0.4 is 14.4 Å². The summed E-state index contributed by atoms with van der Waals surface area (Å²) in [6.45, 7) is 7.11. The minimum atomic E-state index is -0.0943. The van der Waals surface area contributed by atoms with E-state index >= 15 is 0 Å². The van der Waals surface area contributed by atoms with E-state index < -0.39 is 0 Å². The molecular formula is C28H37NO5. The maximum absolute atomic E-state index is 11.4. The fraction of sp³-hybridized carbons (Fsp3) is 0.536. The SMILES string of the molecule is COCCOC1CN(c2ccc(OCC3CC3)cc2)CC1Oc1ccc([C@H](C)CC(C)=O)cc1. The van der Waals surface area contributed by atoms with Crippen LogP contribution in [0.3, 0.4) is 0 Å². The molecule has 6 heteroatoms. The van der Waals surface area contributed by atoms with Gasteiger partial charge in [-0.25, -0.2) is 0 Å². The molecule has 6 nitrogen and oxygen atoms in total. The molecular weight excluding hydrogens is 430 g/mol. The van der Waals surface area contributed by atoms with Gasteiger partial charge in [0.1, 0.15) is 29.5 Å². The van der Waals surface area contributed by atoms with Gasteiger partial charge in [-0.1, -0.05) is 19.1 Å². The normalized spacial score (nSPS) is 20.9. The van der Waals surface area contributed by atoms with E-state index in [0.29, 0.717) is 19.6 Å². The smallest absolute Gasteiger partial charge is 0.144 e. The van der Waals surface area contributed by atoms with Gasteiger partial charge in [0.25, 0.3) is 0 Å². The van der Waals surface area contributed by atoms with Gasteiger partial charge in [-0.2, -0.15) is 0 Å². The van der Waals surface area contributed by atoms with E-state index in [1.54, 1.807) is 14.0 Å². The summed E-state index contributed by atoms with van der Waals surface area (Å²) in [5.41, 5.74) is 2.28. The first kappa shape index (κ1) is 24.6. The Kier molecular flexibility index (Phi) is 8.46. The molecule has 1 saturated heterocycles. The molecule has 1 aliphatic heterocycles. The predicted molar refractivity (Wildman–Crippen MR) is 133 cm³/mol. The molecule has 3 atom stereocenters. The van der Waals surface area contributed by atoms with Gasteiger partial charge in [-0.3, -0.25) is 0 Å². The quantitative estimate of drug-likeness (QED) is 0.392. The standard InChI is InChI=1S/C28H37NO5/c1-20(16-21(2)30)23-6-10-26(11-7-23)34-28-18-29(17-27(28)32-15-14-31-3)24-8-12-25(13-9-24)33-19-22-4-5-22/h6-13,20,22,27-28H,4-5,14-19H2,1-3H3/t20-,27?,28?/m1/s1. The van der Waals surface area contributed by atoms with Crippen LogP contribution >= 0.6 is 0 Å². The summed E-state index contributed by atoms with van der Waals surface area (Å²) in [5, 5.41) is 0. The van der Waals surface area contributed by atoms with Crippen molar-refractivity contribution in [3.63, 3.8) is 0 Å². The Bertz CT molecular complexity index is 909. The molecule has 184 valence electrons. The van der Waals surface area contributed by atoms with Gasteiger partial charge in [0.05, 0.1) is 26.4 Å². The zero-order chi connectivity index (χ0) is 23.9. The van der Waals surface area contributed by atoms with Gasteiger partial charge in [-0.15, -0.1) is 0 Å². The first-order valence-corrected chi connectivity index (χ1v) is 12.4. The number of benzene rings is 2. The Balaban J connectivity index is 1.38. The molecule has 0 spiro atoms. The Hall–Kier alpha value is -2.57. The Morgan fingerprint density at radius 2 is 1.65 bits per heavy atom. The number of hydrogen-bond acceptors (Lipinski definition) is 6. The van der Waals surface area contributed by atoms with Crippen molar-refractivity contribution in [2.75, 3.05) is 44.9 Å². The van der Waals surface area contributed by atoms with Crippen LogP contribution in [-0.4, -0.2) is 58.0 Å². The molecule has 0 aromatic heterocycles. The number of ether oxygens (including phenoxy) is 4. The zero-order valence-corrected chi connectivity index (χ0v) is 20.6. The van der Waals surface area contributed by atoms with Crippen LogP contribution in [0.1, 0.15) is 44.6 Å². The lowest BCUT2D eigenvalue weighted by atomic mass is 9.96. The molecule has 1 heterocycles. The van der Waals surface area contributed by atoms with E-state index in [1.165, 1.54) is 12.8 Å². The summed E-state index contributed by atoms with van der Waals surface area (Å²) in [7, 11) is 1.68. The van der Waals surface area contributed by atoms with Crippen LogP contribution in [0.2, 0.25) is 0 Å². The van der Waals surface area contributed by atoms with E-state index in [-0.39, 0.29) is 23.9 Å². The maximum atomic E-state index is 11.4. The summed E-state index contributed by atoms with van der Waals surface area (Å²) >= 11 is 0. The highest BCUT2D eigenvalue weighted by Gasteiger charge is 2.35. The van der Waals surface area contributed by atoms with E-state index in [2.05, 4.69) is 36.1 Å². The number of rotatable bonds is 13. The zero-order valence-electron chi connectivity index (χ0n) is 20.6. The van der Waals surface area contributed by atoms with E-state index in [0.717, 1.165) is 48.4 Å². The van der Waals surface area contributed by atoms with Gasteiger partial charge in [-0.05, 0) is 73.6 Å². The highest BCUT2D eigenvalue weighted by atomic mass is 16.6. The monoisotopic (exact) mass is 467 g/mol. The van der Waals surface area contributed by atoms with Gasteiger partial charge in [0.2, 0.25) is 0 Å². The number of methoxy groups -OCH3 is 1. The Morgan fingerprint density at radius 3 is 2.29 bits per heavy atom. The van der Waals surface area contributed by atoms with E-state index in [1.807, 2.05) is 24.3 Å². The van der Waals surface area contributed by atoms with Crippen LogP contribution in [0, 0.1) is 5.92 Å². The minimum absolute atomic E-state index is 0.0581. The van der Waals surface area contributed by atoms with Gasteiger partial charge >= 0.3 is 0 Å². The highest BCUT2D eigenvalue weighted by molar-refractivity contribution is 5.76. The molecule has 4 rings (SSSR count). The molecule has 0 bridgehead atoms. The maximum Gasteiger partial charge on any atom is 0.144 e. The second kappa shape index (κ2) is 11.7. The summed E-state index contributed by atoms with van der Waals surface area (Å²) in [6.07, 6.45) is 2.98. The molecule has 0 radical (unpaired) electrons. The molecule has 1 saturated carbocycles. The second-order valence-corrected chi connectivity index (χ2v) is 9.59. The van der Waals surface area contributed by atoms with Crippen molar-refractivity contribution < 1.29 is 23.7 Å². The van der Waals surface area contributed by atoms with E-state index in [4.69, 9.17) is 18.9 Å². The third-order valence-corrected chi connectivity index (χ3v) is 6.55. The summed E-state index contributed by atoms with van der Waals surface area (Å²) < 4.78 is 23.6. The minimum Gasteiger partial charge on any atom is -0.493 e. The lowest BCUT2D eigenvalue weighted by Gasteiger charge is -2.21. The van der Waals surface area contributed by atoms with Crippen LogP contribution in [0.5, 0.6) is 11.5 Å². The largest absolute Gasteiger partial charge is 0.493 e. The topological polar surface area (TPSA) is 57.2 Å². The van der Waals surface area contributed by atoms with Gasteiger partial charge in [0.15, 0.2) is 0 Å². The molecule has 0 N–H and O–H groups in total. The first-order chi connectivity index (χ1) is 16.5. The average molecular weight is 468 g/mol. The van der Waals surface area contributed by atoms with Crippen molar-refractivity contribution in [1.82, 2.24) is 0 Å². The van der Waals surface area contributed by atoms with Crippen molar-refractivity contribution in [1.29, 1.82) is 0 Å². The average Bonchev–Trinajstić information content (AvgIpc) is 3.58. The number of nitrogens with zero attached hydrogens (tertiary/aromatic N) is 1. The van der Waals surface area contributed by atoms with Crippen LogP contribution in [0.25, 0.3) is 0 Å². The molecule has 2 fully saturated rings. The number of Topliss-reactive ketones (excluding diaryl/α,β-unsaturated/α-hetero) is 1. The molecule has 34 heavy (non-hydrogen) atoms. The van der Waals surface area contributed by atoms with Crippen molar-refractivity contribution >= 4 is 11.5 Å². The first-order valence-electron chi connectivity index (χ1n) is 12.4. The van der Waals surface area contributed by atoms with Crippen LogP contribution in [0.15, 0.2) is 48.5 Å². The van der Waals surface area contributed by atoms with Gasteiger partial charge in [0, 0.05) is 25.8 Å². The summed E-state index contributed by atoms with van der Waals surface area (Å²) in [4.78, 5) is 13.7. The number of anilines is 1. The summed E-state index contributed by atoms with van der Waals surface area (Å²) in [6, 6.07) is 16.4. The Labute approximate surface area is 203 Å². The van der Waals surface area contributed by atoms with Crippen molar-refractivity contribution in [2.45, 2.75) is 51.2 Å². The third kappa shape index (κ3) is 6.97. The molecule has 2 aromatic carbocycles. The van der Waals surface area contributed by atoms with E-state index in [9.17, 15) is 4.79 Å². The fourth-order valence-electron chi connectivity index (χ4n) is 4.36. The van der Waals surface area contributed by atoms with Crippen molar-refractivity contribution in [2.24, 2.45) is 5.92 Å². The third-order valence-electron chi connectivity index (χ3n) is 6.55. The Morgan fingerprint density at radius 1 is 0.971 bits per heavy atom. The second-order valence-electron chi connectivity index (χ2n) is 9.59. The number of carbonyl (C=O) groups is 1. The van der Waals surface area contributed by atoms with Crippen LogP contribution in [-0.2, 0) is 14.3 Å². The number of ketones is 1. The predicted octanol–water partition coefficient (Wildman–Crippen LogP) is 4.86. The molecule has 2 unspecified atom stereocenters. The van der Waals surface area contributed by atoms with Crippen LogP contribution in [0.4, 0.5) is 5.69 Å². The molecule has 2 aromatic rings. The van der Waals surface area contributed by atoms with Gasteiger partial charge < -0.3 is 28.6 Å². The molecule has 1 aliphatic carbocycles. The number of carbonyl (C=O) groups excluding carboxylic acids is 1. The summed E-state index contributed by atoms with van der Waals surface area (Å²) in [5.74, 6) is 2.89. The highest BCUT2D eigenvalue weighted by Crippen LogP contribution is 2.31. The number of hydrogen-bond donors (Lipinski definition) is 0. The lowest BCUT2D eigenvalue weighted by molar-refractivity contribution is -0.117. The molecule has 0 amide bonds. The van der Waals surface area contributed by atoms with Crippen molar-refractivity contribution in [3.05, 3.63) is 54.1 Å². The lowest BCUT2D eigenvalue weighted by Crippen LogP contribution is -2.33.